The second kappa shape index (κ2) is 5.77. The summed E-state index contributed by atoms with van der Waals surface area (Å²) in [5.41, 5.74) is 5.59. The van der Waals surface area contributed by atoms with Crippen LogP contribution in [0.4, 0.5) is 0 Å². The maximum atomic E-state index is 5.96. The van der Waals surface area contributed by atoms with E-state index in [2.05, 4.69) is 10.1 Å². The van der Waals surface area contributed by atoms with Crippen LogP contribution in [0, 0.1) is 0 Å². The molecule has 0 aliphatic heterocycles. The Hall–Kier alpha value is -0.980. The molecule has 18 heavy (non-hydrogen) atoms. The van der Waals surface area contributed by atoms with E-state index in [-0.39, 0.29) is 11.6 Å². The van der Waals surface area contributed by atoms with Gasteiger partial charge in [-0.25, -0.2) is 0 Å². The van der Waals surface area contributed by atoms with Gasteiger partial charge in [0, 0.05) is 20.8 Å². The van der Waals surface area contributed by atoms with Gasteiger partial charge >= 0.3 is 0 Å². The molecular formula is C12H21N3O3. The van der Waals surface area contributed by atoms with Gasteiger partial charge in [0.2, 0.25) is 11.7 Å². The predicted octanol–water partition coefficient (Wildman–Crippen LogP) is 1.52. The van der Waals surface area contributed by atoms with Crippen LogP contribution in [-0.4, -0.2) is 31.0 Å². The van der Waals surface area contributed by atoms with Crippen LogP contribution < -0.4 is 5.73 Å². The van der Waals surface area contributed by atoms with Crippen LogP contribution in [0.25, 0.3) is 0 Å². The lowest BCUT2D eigenvalue weighted by Gasteiger charge is -2.22. The fraction of sp³-hybridized carbons (Fsp3) is 0.833. The van der Waals surface area contributed by atoms with Crippen molar-refractivity contribution in [3.63, 3.8) is 0 Å². The maximum Gasteiger partial charge on any atom is 0.243 e. The molecule has 0 radical (unpaired) electrons. The van der Waals surface area contributed by atoms with Gasteiger partial charge in [0.15, 0.2) is 0 Å². The molecule has 1 aliphatic rings. The minimum absolute atomic E-state index is 0.276. The molecule has 102 valence electrons. The van der Waals surface area contributed by atoms with E-state index in [9.17, 15) is 0 Å². The second-order valence-corrected chi connectivity index (χ2v) is 4.75. The number of hydrogen-bond acceptors (Lipinski definition) is 6. The molecule has 0 amide bonds. The first-order valence-electron chi connectivity index (χ1n) is 6.35. The Bertz CT molecular complexity index is 374. The van der Waals surface area contributed by atoms with Gasteiger partial charge in [-0.05, 0) is 32.1 Å². The van der Waals surface area contributed by atoms with Gasteiger partial charge in [-0.15, -0.1) is 0 Å². The van der Waals surface area contributed by atoms with E-state index < -0.39 is 0 Å². The third kappa shape index (κ3) is 2.55. The summed E-state index contributed by atoms with van der Waals surface area (Å²) in [7, 11) is 3.34. The smallest absolute Gasteiger partial charge is 0.243 e. The number of aromatic nitrogens is 2. The SMILES string of the molecule is COCCC(N)c1nc(C2(OC)CCCC2)no1. The molecule has 1 fully saturated rings. The predicted molar refractivity (Wildman–Crippen MR) is 64.9 cm³/mol. The summed E-state index contributed by atoms with van der Waals surface area (Å²) in [5.74, 6) is 1.09. The maximum absolute atomic E-state index is 5.96. The minimum atomic E-state index is -0.372. The van der Waals surface area contributed by atoms with Gasteiger partial charge in [0.05, 0.1) is 6.04 Å². The molecule has 1 aromatic heterocycles. The molecule has 1 aromatic rings. The molecule has 1 atom stereocenters. The molecule has 2 N–H and O–H groups in total. The number of rotatable bonds is 6. The second-order valence-electron chi connectivity index (χ2n) is 4.75. The zero-order valence-corrected chi connectivity index (χ0v) is 11.0. The quantitative estimate of drug-likeness (QED) is 0.829. The lowest BCUT2D eigenvalue weighted by molar-refractivity contribution is -0.0178. The lowest BCUT2D eigenvalue weighted by atomic mass is 10.0. The number of hydrogen-bond donors (Lipinski definition) is 1. The van der Waals surface area contributed by atoms with E-state index in [1.807, 2.05) is 0 Å². The van der Waals surface area contributed by atoms with Crippen molar-refractivity contribution in [2.24, 2.45) is 5.73 Å². The van der Waals surface area contributed by atoms with Gasteiger partial charge in [0.25, 0.3) is 0 Å². The first-order valence-corrected chi connectivity index (χ1v) is 6.35. The highest BCUT2D eigenvalue weighted by molar-refractivity contribution is 5.05. The van der Waals surface area contributed by atoms with E-state index in [1.165, 1.54) is 0 Å². The largest absolute Gasteiger partial charge is 0.385 e. The first kappa shape index (κ1) is 13.5. The molecular weight excluding hydrogens is 234 g/mol. The van der Waals surface area contributed by atoms with Crippen molar-refractivity contribution in [1.29, 1.82) is 0 Å². The Morgan fingerprint density at radius 2 is 2.11 bits per heavy atom. The summed E-state index contributed by atoms with van der Waals surface area (Å²) in [5, 5.41) is 4.04. The average Bonchev–Trinajstić information content (AvgIpc) is 3.04. The molecule has 1 saturated carbocycles. The van der Waals surface area contributed by atoms with Crippen molar-refractivity contribution >= 4 is 0 Å². The van der Waals surface area contributed by atoms with E-state index >= 15 is 0 Å². The van der Waals surface area contributed by atoms with E-state index in [1.54, 1.807) is 14.2 Å². The Labute approximate surface area is 107 Å². The minimum Gasteiger partial charge on any atom is -0.385 e. The Kier molecular flexibility index (Phi) is 4.31. The lowest BCUT2D eigenvalue weighted by Crippen LogP contribution is -2.26. The molecule has 1 heterocycles. The zero-order valence-electron chi connectivity index (χ0n) is 11.0. The van der Waals surface area contributed by atoms with Crippen molar-refractivity contribution in [3.05, 3.63) is 11.7 Å². The third-order valence-corrected chi connectivity index (χ3v) is 3.60. The average molecular weight is 255 g/mol. The first-order chi connectivity index (χ1) is 8.72. The number of nitrogens with zero attached hydrogens (tertiary/aromatic N) is 2. The Balaban J connectivity index is 2.09. The van der Waals surface area contributed by atoms with Gasteiger partial charge in [-0.1, -0.05) is 5.16 Å². The third-order valence-electron chi connectivity index (χ3n) is 3.60. The fourth-order valence-electron chi connectivity index (χ4n) is 2.40. The Morgan fingerprint density at radius 1 is 1.39 bits per heavy atom. The van der Waals surface area contributed by atoms with E-state index in [4.69, 9.17) is 19.7 Å². The van der Waals surface area contributed by atoms with Crippen molar-refractivity contribution in [2.75, 3.05) is 20.8 Å². The fourth-order valence-corrected chi connectivity index (χ4v) is 2.40. The van der Waals surface area contributed by atoms with Crippen molar-refractivity contribution < 1.29 is 14.0 Å². The van der Waals surface area contributed by atoms with Gasteiger partial charge in [-0.3, -0.25) is 0 Å². The van der Waals surface area contributed by atoms with Crippen LogP contribution in [0.1, 0.15) is 49.9 Å². The zero-order chi connectivity index (χ0) is 13.0. The molecule has 1 unspecified atom stereocenters. The summed E-state index contributed by atoms with van der Waals surface area (Å²) < 4.78 is 15.8. The van der Waals surface area contributed by atoms with Gasteiger partial charge in [-0.2, -0.15) is 4.98 Å². The molecule has 0 saturated heterocycles. The highest BCUT2D eigenvalue weighted by atomic mass is 16.5. The standard InChI is InChI=1S/C12H21N3O3/c1-16-8-5-9(13)10-14-11(15-18-10)12(17-2)6-3-4-7-12/h9H,3-8,13H2,1-2H3. The van der Waals surface area contributed by atoms with Crippen LogP contribution in [0.3, 0.4) is 0 Å². The molecule has 6 heteroatoms. The van der Waals surface area contributed by atoms with Crippen LogP contribution >= 0.6 is 0 Å². The van der Waals surface area contributed by atoms with Crippen molar-refractivity contribution in [3.8, 4) is 0 Å². The van der Waals surface area contributed by atoms with Gasteiger partial charge in [0.1, 0.15) is 5.60 Å². The summed E-state index contributed by atoms with van der Waals surface area (Å²) in [6.45, 7) is 0.578. The molecule has 6 nitrogen and oxygen atoms in total. The summed E-state index contributed by atoms with van der Waals surface area (Å²) in [6.07, 6.45) is 4.81. The molecule has 1 aliphatic carbocycles. The highest BCUT2D eigenvalue weighted by Crippen LogP contribution is 2.40. The van der Waals surface area contributed by atoms with Crippen LogP contribution in [0.2, 0.25) is 0 Å². The number of nitrogens with two attached hydrogens (primary N) is 1. The summed E-state index contributed by atoms with van der Waals surface area (Å²) in [4.78, 5) is 4.40. The number of ether oxygens (including phenoxy) is 2. The monoisotopic (exact) mass is 255 g/mol. The normalized spacial score (nSPS) is 20.2. The van der Waals surface area contributed by atoms with Crippen LogP contribution in [0.15, 0.2) is 4.52 Å². The number of methoxy groups -OCH3 is 2. The van der Waals surface area contributed by atoms with Gasteiger partial charge < -0.3 is 19.7 Å². The van der Waals surface area contributed by atoms with Crippen LogP contribution in [-0.2, 0) is 15.1 Å². The summed E-state index contributed by atoms with van der Waals surface area (Å²) >= 11 is 0. The summed E-state index contributed by atoms with van der Waals surface area (Å²) in [6, 6.07) is -0.276. The Morgan fingerprint density at radius 3 is 2.72 bits per heavy atom. The molecule has 2 rings (SSSR count). The van der Waals surface area contributed by atoms with E-state index in [0.717, 1.165) is 25.7 Å². The van der Waals surface area contributed by atoms with Crippen molar-refractivity contribution in [1.82, 2.24) is 10.1 Å². The molecule has 0 spiro atoms. The van der Waals surface area contributed by atoms with E-state index in [0.29, 0.717) is 24.7 Å². The molecule has 0 bridgehead atoms. The highest BCUT2D eigenvalue weighted by Gasteiger charge is 2.40. The topological polar surface area (TPSA) is 83.4 Å². The molecule has 0 aromatic carbocycles. The van der Waals surface area contributed by atoms with Crippen molar-refractivity contribution in [2.45, 2.75) is 43.7 Å². The van der Waals surface area contributed by atoms with Crippen LogP contribution in [0.5, 0.6) is 0 Å².